The van der Waals surface area contributed by atoms with E-state index >= 15 is 0 Å². The van der Waals surface area contributed by atoms with Crippen LogP contribution in [0.3, 0.4) is 0 Å². The molecule has 1 saturated heterocycles. The van der Waals surface area contributed by atoms with Crippen molar-refractivity contribution in [3.63, 3.8) is 0 Å². The molecule has 39 heavy (non-hydrogen) atoms. The van der Waals surface area contributed by atoms with Gasteiger partial charge in [-0.05, 0) is 62.1 Å². The Morgan fingerprint density at radius 3 is 2.18 bits per heavy atom. The molecule has 0 spiro atoms. The van der Waals surface area contributed by atoms with Gasteiger partial charge >= 0.3 is 5.97 Å². The van der Waals surface area contributed by atoms with E-state index in [1.165, 1.54) is 64.2 Å². The fourth-order valence-corrected chi connectivity index (χ4v) is 7.49. The Morgan fingerprint density at radius 1 is 0.897 bits per heavy atom. The van der Waals surface area contributed by atoms with Crippen LogP contribution in [0.5, 0.6) is 0 Å². The standard InChI is InChI=1S/C33H64O5Si/c1-9-10-11-13-16-22-33(36-25-26-37-33)23-21-29-28(18-15-12-14-17-24-35-31(34)27(2)3)19-20-30(29)38-39(7,8)32(4,5)6/h27-30H,9-26H2,1-8H3/t28-,29+,30+/m0/s1. The van der Waals surface area contributed by atoms with E-state index in [0.717, 1.165) is 51.2 Å². The van der Waals surface area contributed by atoms with Crippen LogP contribution >= 0.6 is 0 Å². The molecule has 0 bridgehead atoms. The molecule has 6 heteroatoms. The molecule has 0 amide bonds. The molecule has 1 saturated carbocycles. The molecule has 5 nitrogen and oxygen atoms in total. The van der Waals surface area contributed by atoms with Crippen LogP contribution in [0.25, 0.3) is 0 Å². The molecule has 0 radical (unpaired) electrons. The normalized spacial score (nSPS) is 23.6. The van der Waals surface area contributed by atoms with Gasteiger partial charge in [-0.2, -0.15) is 0 Å². The first kappa shape index (κ1) is 34.8. The van der Waals surface area contributed by atoms with E-state index in [9.17, 15) is 4.79 Å². The maximum absolute atomic E-state index is 11.7. The van der Waals surface area contributed by atoms with Crippen molar-refractivity contribution in [2.75, 3.05) is 19.8 Å². The summed E-state index contributed by atoms with van der Waals surface area (Å²) in [6, 6.07) is 0. The van der Waals surface area contributed by atoms with Crippen molar-refractivity contribution in [1.82, 2.24) is 0 Å². The van der Waals surface area contributed by atoms with Gasteiger partial charge in [-0.1, -0.05) is 92.9 Å². The lowest BCUT2D eigenvalue weighted by atomic mass is 9.84. The molecule has 1 heterocycles. The number of carbonyl (C=O) groups is 1. The van der Waals surface area contributed by atoms with Gasteiger partial charge in [0.25, 0.3) is 0 Å². The fraction of sp³-hybridized carbons (Fsp3) is 0.970. The largest absolute Gasteiger partial charge is 0.465 e. The maximum Gasteiger partial charge on any atom is 0.308 e. The summed E-state index contributed by atoms with van der Waals surface area (Å²) in [7, 11) is -1.83. The molecule has 1 aliphatic heterocycles. The molecular weight excluding hydrogens is 504 g/mol. The van der Waals surface area contributed by atoms with Gasteiger partial charge in [0.05, 0.1) is 25.7 Å². The molecule has 230 valence electrons. The lowest BCUT2D eigenvalue weighted by Crippen LogP contribution is -2.45. The SMILES string of the molecule is CCCCCCCC1(CC[C@@H]2[C@@H](CCCCCCOC(=O)C(C)C)CC[C@H]2O[Si](C)(C)C(C)(C)C)OCCO1. The first-order valence-electron chi connectivity index (χ1n) is 16.5. The summed E-state index contributed by atoms with van der Waals surface area (Å²) in [6.07, 6.45) is 18.3. The van der Waals surface area contributed by atoms with E-state index in [-0.39, 0.29) is 22.7 Å². The van der Waals surface area contributed by atoms with Gasteiger partial charge in [0.1, 0.15) is 0 Å². The number of esters is 1. The lowest BCUT2D eigenvalue weighted by molar-refractivity contribution is -0.171. The van der Waals surface area contributed by atoms with Crippen molar-refractivity contribution in [2.24, 2.45) is 17.8 Å². The molecule has 0 aromatic heterocycles. The monoisotopic (exact) mass is 568 g/mol. The zero-order valence-corrected chi connectivity index (χ0v) is 28.1. The first-order valence-corrected chi connectivity index (χ1v) is 19.4. The average Bonchev–Trinajstić information content (AvgIpc) is 3.48. The molecule has 3 atom stereocenters. The fourth-order valence-electron chi connectivity index (χ4n) is 6.09. The second-order valence-electron chi connectivity index (χ2n) is 14.3. The lowest BCUT2D eigenvalue weighted by Gasteiger charge is -2.41. The number of hydrogen-bond acceptors (Lipinski definition) is 5. The summed E-state index contributed by atoms with van der Waals surface area (Å²) < 4.78 is 25.1. The molecule has 0 aromatic rings. The van der Waals surface area contributed by atoms with Gasteiger partial charge in [-0.15, -0.1) is 0 Å². The molecule has 0 unspecified atom stereocenters. The minimum atomic E-state index is -1.83. The second kappa shape index (κ2) is 16.9. The van der Waals surface area contributed by atoms with Crippen LogP contribution in [-0.4, -0.2) is 46.0 Å². The van der Waals surface area contributed by atoms with Gasteiger partial charge in [-0.3, -0.25) is 4.79 Å². The van der Waals surface area contributed by atoms with Crippen LogP contribution in [0.4, 0.5) is 0 Å². The van der Waals surface area contributed by atoms with Gasteiger partial charge in [0.15, 0.2) is 14.1 Å². The molecule has 1 aliphatic carbocycles. The van der Waals surface area contributed by atoms with Crippen LogP contribution in [0.1, 0.15) is 138 Å². The van der Waals surface area contributed by atoms with Crippen molar-refractivity contribution in [3.05, 3.63) is 0 Å². The third-order valence-corrected chi connectivity index (χ3v) is 14.2. The number of unbranched alkanes of at least 4 members (excludes halogenated alkanes) is 7. The highest BCUT2D eigenvalue weighted by Crippen LogP contribution is 2.46. The number of rotatable bonds is 19. The van der Waals surface area contributed by atoms with Crippen molar-refractivity contribution in [2.45, 2.75) is 168 Å². The van der Waals surface area contributed by atoms with E-state index in [1.807, 2.05) is 13.8 Å². The number of carbonyl (C=O) groups excluding carboxylic acids is 1. The first-order chi connectivity index (χ1) is 18.4. The summed E-state index contributed by atoms with van der Waals surface area (Å²) in [5.41, 5.74) is 0. The number of hydrogen-bond donors (Lipinski definition) is 0. The molecule has 2 aliphatic rings. The smallest absolute Gasteiger partial charge is 0.308 e. The Labute approximate surface area is 243 Å². The second-order valence-corrected chi connectivity index (χ2v) is 19.0. The van der Waals surface area contributed by atoms with Gasteiger partial charge in [-0.25, -0.2) is 0 Å². The van der Waals surface area contributed by atoms with Crippen molar-refractivity contribution in [3.8, 4) is 0 Å². The summed E-state index contributed by atoms with van der Waals surface area (Å²) in [6.45, 7) is 20.0. The van der Waals surface area contributed by atoms with Crippen molar-refractivity contribution in [1.29, 1.82) is 0 Å². The minimum Gasteiger partial charge on any atom is -0.465 e. The predicted molar refractivity (Wildman–Crippen MR) is 164 cm³/mol. The van der Waals surface area contributed by atoms with E-state index in [2.05, 4.69) is 40.8 Å². The van der Waals surface area contributed by atoms with Crippen molar-refractivity contribution >= 4 is 14.3 Å². The Bertz CT molecular complexity index is 680. The van der Waals surface area contributed by atoms with E-state index in [0.29, 0.717) is 18.6 Å². The minimum absolute atomic E-state index is 0.0361. The van der Waals surface area contributed by atoms with Crippen LogP contribution in [0.15, 0.2) is 0 Å². The molecule has 0 aromatic carbocycles. The predicted octanol–water partition coefficient (Wildman–Crippen LogP) is 9.44. The molecule has 2 rings (SSSR count). The highest BCUT2D eigenvalue weighted by atomic mass is 28.4. The third-order valence-electron chi connectivity index (χ3n) is 9.68. The van der Waals surface area contributed by atoms with E-state index in [1.54, 1.807) is 0 Å². The highest BCUT2D eigenvalue weighted by Gasteiger charge is 2.45. The summed E-state index contributed by atoms with van der Waals surface area (Å²) >= 11 is 0. The Kier molecular flexibility index (Phi) is 15.0. The van der Waals surface area contributed by atoms with E-state index < -0.39 is 8.32 Å². The zero-order chi connectivity index (χ0) is 28.9. The summed E-state index contributed by atoms with van der Waals surface area (Å²) in [4.78, 5) is 11.7. The maximum atomic E-state index is 11.7. The summed E-state index contributed by atoms with van der Waals surface area (Å²) in [5, 5.41) is 0.228. The van der Waals surface area contributed by atoms with Crippen LogP contribution in [0.2, 0.25) is 18.1 Å². The average molecular weight is 569 g/mol. The Morgan fingerprint density at radius 2 is 1.54 bits per heavy atom. The number of ether oxygens (including phenoxy) is 3. The van der Waals surface area contributed by atoms with Crippen LogP contribution in [-0.2, 0) is 23.4 Å². The Hall–Kier alpha value is -0.433. The van der Waals surface area contributed by atoms with Gasteiger partial charge < -0.3 is 18.6 Å². The van der Waals surface area contributed by atoms with Crippen molar-refractivity contribution < 1.29 is 23.4 Å². The van der Waals surface area contributed by atoms with Gasteiger partial charge in [0, 0.05) is 18.9 Å². The van der Waals surface area contributed by atoms with Crippen LogP contribution < -0.4 is 0 Å². The van der Waals surface area contributed by atoms with E-state index in [4.69, 9.17) is 18.6 Å². The molecule has 0 N–H and O–H groups in total. The molecule has 2 fully saturated rings. The molecular formula is C33H64O5Si. The third kappa shape index (κ3) is 11.8. The Balaban J connectivity index is 1.93. The highest BCUT2D eigenvalue weighted by molar-refractivity contribution is 6.74. The van der Waals surface area contributed by atoms with Crippen LogP contribution in [0, 0.1) is 17.8 Å². The topological polar surface area (TPSA) is 54.0 Å². The van der Waals surface area contributed by atoms with Gasteiger partial charge in [0.2, 0.25) is 0 Å². The summed E-state index contributed by atoms with van der Waals surface area (Å²) in [5.74, 6) is 0.836. The zero-order valence-electron chi connectivity index (χ0n) is 27.1. The quantitative estimate of drug-likeness (QED) is 0.0882.